The Kier molecular flexibility index (Phi) is 4.07. The second-order valence-corrected chi connectivity index (χ2v) is 5.49. The predicted octanol–water partition coefficient (Wildman–Crippen LogP) is 1.32. The minimum atomic E-state index is -0.181. The topological polar surface area (TPSA) is 67.6 Å². The highest BCUT2D eigenvalue weighted by atomic mass is 16.5. The molecular weight excluding hydrogens is 242 g/mol. The molecular formula is C14H21N3O2. The third kappa shape index (κ3) is 4.22. The van der Waals surface area contributed by atoms with E-state index in [0.29, 0.717) is 18.8 Å². The van der Waals surface area contributed by atoms with Crippen molar-refractivity contribution in [2.24, 2.45) is 0 Å². The van der Waals surface area contributed by atoms with Crippen LogP contribution in [0.25, 0.3) is 0 Å². The van der Waals surface area contributed by atoms with Crippen molar-refractivity contribution < 1.29 is 9.53 Å². The van der Waals surface area contributed by atoms with Crippen molar-refractivity contribution in [3.05, 3.63) is 24.3 Å². The number of hydrogen-bond acceptors (Lipinski definition) is 4. The van der Waals surface area contributed by atoms with Crippen LogP contribution in [0.5, 0.6) is 0 Å². The highest BCUT2D eigenvalue weighted by molar-refractivity contribution is 5.92. The minimum Gasteiger partial charge on any atom is -0.399 e. The fourth-order valence-electron chi connectivity index (χ4n) is 2.22. The SMILES string of the molecule is CC1(C)CN(CC(=O)Nc2ccc(N)cc2)CCO1. The molecule has 5 nitrogen and oxygen atoms in total. The van der Waals surface area contributed by atoms with Crippen molar-refractivity contribution in [1.82, 2.24) is 4.90 Å². The lowest BCUT2D eigenvalue weighted by Crippen LogP contribution is -2.50. The van der Waals surface area contributed by atoms with Gasteiger partial charge < -0.3 is 15.8 Å². The second-order valence-electron chi connectivity index (χ2n) is 5.49. The molecule has 0 saturated carbocycles. The molecule has 1 fully saturated rings. The first-order valence-electron chi connectivity index (χ1n) is 6.46. The summed E-state index contributed by atoms with van der Waals surface area (Å²) >= 11 is 0. The van der Waals surface area contributed by atoms with Crippen molar-refractivity contribution in [3.63, 3.8) is 0 Å². The largest absolute Gasteiger partial charge is 0.399 e. The van der Waals surface area contributed by atoms with Crippen molar-refractivity contribution in [2.75, 3.05) is 37.3 Å². The Hall–Kier alpha value is -1.59. The fraction of sp³-hybridized carbons (Fsp3) is 0.500. The summed E-state index contributed by atoms with van der Waals surface area (Å²) < 4.78 is 5.62. The molecule has 0 aliphatic carbocycles. The highest BCUT2D eigenvalue weighted by Gasteiger charge is 2.27. The second kappa shape index (κ2) is 5.59. The monoisotopic (exact) mass is 263 g/mol. The molecule has 0 unspecified atom stereocenters. The van der Waals surface area contributed by atoms with Crippen LogP contribution in [0, 0.1) is 0 Å². The summed E-state index contributed by atoms with van der Waals surface area (Å²) in [5.74, 6) is -0.0116. The smallest absolute Gasteiger partial charge is 0.238 e. The standard InChI is InChI=1S/C14H21N3O2/c1-14(2)10-17(7-8-19-14)9-13(18)16-12-5-3-11(15)4-6-12/h3-6H,7-10,15H2,1-2H3,(H,16,18). The molecule has 2 rings (SSSR count). The number of nitrogens with one attached hydrogen (secondary N) is 1. The molecule has 19 heavy (non-hydrogen) atoms. The van der Waals surface area contributed by atoms with Crippen LogP contribution < -0.4 is 11.1 Å². The fourth-order valence-corrected chi connectivity index (χ4v) is 2.22. The zero-order valence-corrected chi connectivity index (χ0v) is 11.5. The predicted molar refractivity (Wildman–Crippen MR) is 76.0 cm³/mol. The van der Waals surface area contributed by atoms with Crippen LogP contribution in [-0.2, 0) is 9.53 Å². The Morgan fingerprint density at radius 3 is 2.74 bits per heavy atom. The van der Waals surface area contributed by atoms with Gasteiger partial charge in [0.25, 0.3) is 0 Å². The molecule has 5 heteroatoms. The quantitative estimate of drug-likeness (QED) is 0.807. The van der Waals surface area contributed by atoms with Gasteiger partial charge in [0.15, 0.2) is 0 Å². The molecule has 1 aromatic rings. The van der Waals surface area contributed by atoms with Gasteiger partial charge in [-0.1, -0.05) is 0 Å². The van der Waals surface area contributed by atoms with E-state index >= 15 is 0 Å². The number of amides is 1. The van der Waals surface area contributed by atoms with Crippen molar-refractivity contribution >= 4 is 17.3 Å². The lowest BCUT2D eigenvalue weighted by atomic mass is 10.1. The zero-order valence-electron chi connectivity index (χ0n) is 11.5. The zero-order chi connectivity index (χ0) is 13.9. The number of nitrogens with zero attached hydrogens (tertiary/aromatic N) is 1. The molecule has 1 aromatic carbocycles. The summed E-state index contributed by atoms with van der Waals surface area (Å²) in [7, 11) is 0. The van der Waals surface area contributed by atoms with Gasteiger partial charge in [0.05, 0.1) is 18.8 Å². The van der Waals surface area contributed by atoms with E-state index in [4.69, 9.17) is 10.5 Å². The Morgan fingerprint density at radius 1 is 1.42 bits per heavy atom. The number of nitrogen functional groups attached to an aromatic ring is 1. The number of benzene rings is 1. The van der Waals surface area contributed by atoms with Gasteiger partial charge in [-0.3, -0.25) is 9.69 Å². The van der Waals surface area contributed by atoms with Crippen LogP contribution >= 0.6 is 0 Å². The average Bonchev–Trinajstić information content (AvgIpc) is 2.30. The molecule has 1 saturated heterocycles. The molecule has 1 aliphatic heterocycles. The average molecular weight is 263 g/mol. The van der Waals surface area contributed by atoms with Gasteiger partial charge in [-0.2, -0.15) is 0 Å². The minimum absolute atomic E-state index is 0.0116. The molecule has 1 aliphatic rings. The van der Waals surface area contributed by atoms with Crippen molar-refractivity contribution in [3.8, 4) is 0 Å². The van der Waals surface area contributed by atoms with Crippen LogP contribution in [0.3, 0.4) is 0 Å². The summed E-state index contributed by atoms with van der Waals surface area (Å²) in [5.41, 5.74) is 6.88. The molecule has 0 atom stereocenters. The van der Waals surface area contributed by atoms with Crippen LogP contribution in [0.2, 0.25) is 0 Å². The molecule has 1 heterocycles. The van der Waals surface area contributed by atoms with Crippen molar-refractivity contribution in [1.29, 1.82) is 0 Å². The Bertz CT molecular complexity index is 443. The summed E-state index contributed by atoms with van der Waals surface area (Å²) in [6.45, 7) is 6.69. The maximum absolute atomic E-state index is 12.0. The number of rotatable bonds is 3. The molecule has 0 radical (unpaired) electrons. The van der Waals surface area contributed by atoms with Gasteiger partial charge in [-0.25, -0.2) is 0 Å². The van der Waals surface area contributed by atoms with E-state index in [2.05, 4.69) is 10.2 Å². The lowest BCUT2D eigenvalue weighted by molar-refractivity contribution is -0.122. The van der Waals surface area contributed by atoms with E-state index in [1.807, 2.05) is 13.8 Å². The summed E-state index contributed by atoms with van der Waals surface area (Å²) in [5, 5.41) is 2.87. The maximum atomic E-state index is 12.0. The number of morpholine rings is 1. The highest BCUT2D eigenvalue weighted by Crippen LogP contribution is 2.16. The summed E-state index contributed by atoms with van der Waals surface area (Å²) in [6, 6.07) is 7.15. The van der Waals surface area contributed by atoms with Crippen LogP contribution in [0.4, 0.5) is 11.4 Å². The Balaban J connectivity index is 1.85. The molecule has 3 N–H and O–H groups in total. The van der Waals surface area contributed by atoms with Gasteiger partial charge in [-0.15, -0.1) is 0 Å². The number of ether oxygens (including phenoxy) is 1. The summed E-state index contributed by atoms with van der Waals surface area (Å²) in [4.78, 5) is 14.1. The number of anilines is 2. The molecule has 104 valence electrons. The van der Waals surface area contributed by atoms with E-state index in [1.165, 1.54) is 0 Å². The Morgan fingerprint density at radius 2 is 2.11 bits per heavy atom. The third-order valence-electron chi connectivity index (χ3n) is 3.07. The van der Waals surface area contributed by atoms with E-state index in [9.17, 15) is 4.79 Å². The maximum Gasteiger partial charge on any atom is 0.238 e. The van der Waals surface area contributed by atoms with Gasteiger partial charge in [0, 0.05) is 24.5 Å². The van der Waals surface area contributed by atoms with Crippen LogP contribution in [0.15, 0.2) is 24.3 Å². The first kappa shape index (κ1) is 13.8. The third-order valence-corrected chi connectivity index (χ3v) is 3.07. The first-order valence-corrected chi connectivity index (χ1v) is 6.46. The molecule has 1 amide bonds. The molecule has 0 spiro atoms. The lowest BCUT2D eigenvalue weighted by Gasteiger charge is -2.37. The number of nitrogens with two attached hydrogens (primary N) is 1. The number of carbonyl (C=O) groups is 1. The Labute approximate surface area is 113 Å². The van der Waals surface area contributed by atoms with Gasteiger partial charge in [0.2, 0.25) is 5.91 Å². The van der Waals surface area contributed by atoms with E-state index in [-0.39, 0.29) is 11.5 Å². The van der Waals surface area contributed by atoms with Gasteiger partial charge in [0.1, 0.15) is 0 Å². The molecule has 0 bridgehead atoms. The summed E-state index contributed by atoms with van der Waals surface area (Å²) in [6.07, 6.45) is 0. The van der Waals surface area contributed by atoms with E-state index in [0.717, 1.165) is 18.8 Å². The number of carbonyl (C=O) groups excluding carboxylic acids is 1. The van der Waals surface area contributed by atoms with Gasteiger partial charge >= 0.3 is 0 Å². The normalized spacial score (nSPS) is 19.1. The van der Waals surface area contributed by atoms with E-state index in [1.54, 1.807) is 24.3 Å². The first-order chi connectivity index (χ1) is 8.94. The van der Waals surface area contributed by atoms with Crippen LogP contribution in [-0.4, -0.2) is 42.6 Å². The van der Waals surface area contributed by atoms with E-state index < -0.39 is 0 Å². The van der Waals surface area contributed by atoms with Crippen molar-refractivity contribution in [2.45, 2.75) is 19.4 Å². The van der Waals surface area contributed by atoms with Gasteiger partial charge in [-0.05, 0) is 38.1 Å². The molecule has 0 aromatic heterocycles. The number of hydrogen-bond donors (Lipinski definition) is 2. The van der Waals surface area contributed by atoms with Crippen LogP contribution in [0.1, 0.15) is 13.8 Å².